The summed E-state index contributed by atoms with van der Waals surface area (Å²) in [6.07, 6.45) is 2.32. The predicted molar refractivity (Wildman–Crippen MR) is 110 cm³/mol. The van der Waals surface area contributed by atoms with E-state index in [4.69, 9.17) is 9.94 Å². The molecule has 0 spiro atoms. The highest BCUT2D eigenvalue weighted by Gasteiger charge is 2.41. The van der Waals surface area contributed by atoms with E-state index in [9.17, 15) is 4.79 Å². The van der Waals surface area contributed by atoms with Crippen LogP contribution in [0.25, 0.3) is 0 Å². The minimum absolute atomic E-state index is 0.134. The van der Waals surface area contributed by atoms with Crippen molar-refractivity contribution in [1.29, 1.82) is 0 Å². The van der Waals surface area contributed by atoms with Crippen molar-refractivity contribution in [3.63, 3.8) is 0 Å². The summed E-state index contributed by atoms with van der Waals surface area (Å²) in [4.78, 5) is 18.8. The van der Waals surface area contributed by atoms with E-state index >= 15 is 0 Å². The van der Waals surface area contributed by atoms with Crippen LogP contribution in [-0.2, 0) is 15.7 Å². The van der Waals surface area contributed by atoms with E-state index in [-0.39, 0.29) is 16.4 Å². The van der Waals surface area contributed by atoms with Crippen LogP contribution in [0.4, 0.5) is 0 Å². The number of nitrogens with zero attached hydrogens (tertiary/aromatic N) is 1. The van der Waals surface area contributed by atoms with Gasteiger partial charge in [0.2, 0.25) is 0 Å². The molecule has 1 aromatic heterocycles. The van der Waals surface area contributed by atoms with Gasteiger partial charge in [0.1, 0.15) is 12.8 Å². The van der Waals surface area contributed by atoms with Gasteiger partial charge in [0.25, 0.3) is 0 Å². The maximum atomic E-state index is 11.2. The number of carboxylic acids is 1. The van der Waals surface area contributed by atoms with Gasteiger partial charge in [-0.15, -0.1) is 11.3 Å². The summed E-state index contributed by atoms with van der Waals surface area (Å²) in [5.41, 5.74) is 4.85. The van der Waals surface area contributed by atoms with Crippen LogP contribution in [0.1, 0.15) is 77.3 Å². The molecule has 5 heteroatoms. The van der Waals surface area contributed by atoms with Gasteiger partial charge in [-0.25, -0.2) is 4.79 Å². The molecule has 4 nitrogen and oxygen atoms in total. The van der Waals surface area contributed by atoms with Crippen LogP contribution in [-0.4, -0.2) is 23.9 Å². The molecule has 0 aliphatic heterocycles. The summed E-state index contributed by atoms with van der Waals surface area (Å²) in [6.45, 7) is 11.4. The highest BCUT2D eigenvalue weighted by atomic mass is 32.1. The second kappa shape index (κ2) is 6.79. The summed E-state index contributed by atoms with van der Waals surface area (Å²) in [7, 11) is 1.54. The van der Waals surface area contributed by atoms with E-state index in [0.29, 0.717) is 0 Å². The van der Waals surface area contributed by atoms with Crippen molar-refractivity contribution in [2.75, 3.05) is 7.11 Å². The van der Waals surface area contributed by atoms with Crippen molar-refractivity contribution in [1.82, 2.24) is 0 Å². The van der Waals surface area contributed by atoms with Gasteiger partial charge in [-0.05, 0) is 53.9 Å². The van der Waals surface area contributed by atoms with E-state index < -0.39 is 5.97 Å². The van der Waals surface area contributed by atoms with E-state index in [1.54, 1.807) is 42.7 Å². The molecule has 0 saturated heterocycles. The van der Waals surface area contributed by atoms with E-state index in [1.807, 2.05) is 0 Å². The molecule has 2 aromatic rings. The maximum absolute atomic E-state index is 11.2. The lowest BCUT2D eigenvalue weighted by atomic mass is 9.66. The van der Waals surface area contributed by atoms with E-state index in [2.05, 4.69) is 39.8 Å². The molecule has 1 aliphatic rings. The quantitative estimate of drug-likeness (QED) is 0.558. The second-order valence-electron chi connectivity index (χ2n) is 8.53. The van der Waals surface area contributed by atoms with Crippen molar-refractivity contribution in [2.45, 2.75) is 58.3 Å². The van der Waals surface area contributed by atoms with Gasteiger partial charge in [0, 0.05) is 10.4 Å². The Balaban J connectivity index is 2.17. The Morgan fingerprint density at radius 1 is 1.07 bits per heavy atom. The largest absolute Gasteiger partial charge is 0.478 e. The number of thiophene rings is 1. The molecule has 1 aromatic carbocycles. The molecular weight excluding hydrogens is 358 g/mol. The third-order valence-corrected chi connectivity index (χ3v) is 7.28. The minimum atomic E-state index is -0.932. The van der Waals surface area contributed by atoms with Gasteiger partial charge in [-0.2, -0.15) is 0 Å². The lowest BCUT2D eigenvalue weighted by molar-refractivity contribution is 0.0697. The molecule has 0 bridgehead atoms. The molecular formula is C22H27NO3S. The molecule has 144 valence electrons. The third-order valence-electron chi connectivity index (χ3n) is 5.62. The van der Waals surface area contributed by atoms with Gasteiger partial charge in [0.05, 0.1) is 10.4 Å². The zero-order valence-electron chi connectivity index (χ0n) is 16.8. The third kappa shape index (κ3) is 3.41. The van der Waals surface area contributed by atoms with Crippen molar-refractivity contribution in [2.24, 2.45) is 5.16 Å². The monoisotopic (exact) mass is 385 g/mol. The molecule has 0 radical (unpaired) electrons. The van der Waals surface area contributed by atoms with Gasteiger partial charge < -0.3 is 9.94 Å². The van der Waals surface area contributed by atoms with Crippen LogP contribution in [0.15, 0.2) is 29.4 Å². The Morgan fingerprint density at radius 3 is 2.15 bits per heavy atom. The average molecular weight is 386 g/mol. The molecule has 1 aliphatic carbocycles. The Kier molecular flexibility index (Phi) is 4.93. The Labute approximate surface area is 164 Å². The SMILES string of the molecule is CON=C(c1ccc(C(=O)O)cc1)c1sc2c(c1C)C(C)(C)CCC2(C)C. The van der Waals surface area contributed by atoms with Crippen LogP contribution < -0.4 is 0 Å². The summed E-state index contributed by atoms with van der Waals surface area (Å²) >= 11 is 1.80. The molecule has 0 unspecified atom stereocenters. The van der Waals surface area contributed by atoms with Crippen LogP contribution in [0.3, 0.4) is 0 Å². The summed E-state index contributed by atoms with van der Waals surface area (Å²) < 4.78 is 0. The number of fused-ring (bicyclic) bond motifs is 1. The molecule has 3 rings (SSSR count). The number of oxime groups is 1. The van der Waals surface area contributed by atoms with E-state index in [1.165, 1.54) is 16.0 Å². The lowest BCUT2D eigenvalue weighted by Crippen LogP contribution is -2.32. The number of carboxylic acid groups (broad SMARTS) is 1. The molecule has 27 heavy (non-hydrogen) atoms. The minimum Gasteiger partial charge on any atom is -0.478 e. The maximum Gasteiger partial charge on any atom is 0.335 e. The highest BCUT2D eigenvalue weighted by Crippen LogP contribution is 2.51. The fourth-order valence-corrected chi connectivity index (χ4v) is 5.60. The van der Waals surface area contributed by atoms with Crippen LogP contribution >= 0.6 is 11.3 Å². The van der Waals surface area contributed by atoms with Crippen LogP contribution in [0.2, 0.25) is 0 Å². The van der Waals surface area contributed by atoms with Crippen molar-refractivity contribution < 1.29 is 14.7 Å². The smallest absolute Gasteiger partial charge is 0.335 e. The lowest BCUT2D eigenvalue weighted by Gasteiger charge is -2.39. The zero-order chi connectivity index (χ0) is 20.0. The predicted octanol–water partition coefficient (Wildman–Crippen LogP) is 5.50. The van der Waals surface area contributed by atoms with Crippen molar-refractivity contribution in [3.8, 4) is 0 Å². The summed E-state index contributed by atoms with van der Waals surface area (Å²) in [6, 6.07) is 6.82. The normalized spacial score (nSPS) is 18.1. The van der Waals surface area contributed by atoms with Gasteiger partial charge in [0.15, 0.2) is 0 Å². The average Bonchev–Trinajstić information content (AvgIpc) is 2.97. The van der Waals surface area contributed by atoms with Gasteiger partial charge >= 0.3 is 5.97 Å². The molecule has 1 heterocycles. The van der Waals surface area contributed by atoms with E-state index in [0.717, 1.165) is 29.0 Å². The first-order chi connectivity index (χ1) is 12.6. The number of hydrogen-bond acceptors (Lipinski definition) is 4. The van der Waals surface area contributed by atoms with Gasteiger partial charge in [-0.1, -0.05) is 45.0 Å². The standard InChI is InChI=1S/C22H27NO3S/c1-13-16-19(22(4,5)12-11-21(16,2)3)27-18(13)17(23-26-6)14-7-9-15(10-8-14)20(24)25/h7-10H,11-12H2,1-6H3,(H,24,25). The highest BCUT2D eigenvalue weighted by molar-refractivity contribution is 7.15. The first-order valence-corrected chi connectivity index (χ1v) is 10.00. The number of rotatable bonds is 4. The van der Waals surface area contributed by atoms with Crippen LogP contribution in [0, 0.1) is 6.92 Å². The van der Waals surface area contributed by atoms with Crippen molar-refractivity contribution >= 4 is 23.0 Å². The van der Waals surface area contributed by atoms with Crippen LogP contribution in [0.5, 0.6) is 0 Å². The fourth-order valence-electron chi connectivity index (χ4n) is 3.98. The summed E-state index contributed by atoms with van der Waals surface area (Å²) in [5.74, 6) is -0.932. The number of hydrogen-bond donors (Lipinski definition) is 1. The molecule has 0 fully saturated rings. The molecule has 0 amide bonds. The first kappa shape index (κ1) is 19.6. The number of aromatic carboxylic acids is 1. The Bertz CT molecular complexity index is 904. The zero-order valence-corrected chi connectivity index (χ0v) is 17.7. The fraction of sp³-hybridized carbons (Fsp3) is 0.455. The number of carbonyl (C=O) groups is 1. The Hall–Kier alpha value is -2.14. The first-order valence-electron chi connectivity index (χ1n) is 9.18. The number of benzene rings is 1. The topological polar surface area (TPSA) is 58.9 Å². The second-order valence-corrected chi connectivity index (χ2v) is 9.55. The summed E-state index contributed by atoms with van der Waals surface area (Å²) in [5, 5.41) is 13.5. The van der Waals surface area contributed by atoms with Crippen molar-refractivity contribution in [3.05, 3.63) is 56.3 Å². The molecule has 0 saturated carbocycles. The molecule has 1 N–H and O–H groups in total. The Morgan fingerprint density at radius 2 is 1.63 bits per heavy atom. The van der Waals surface area contributed by atoms with Gasteiger partial charge in [-0.3, -0.25) is 0 Å². The molecule has 0 atom stereocenters.